The van der Waals surface area contributed by atoms with Crippen molar-refractivity contribution >= 4 is 15.9 Å². The molecule has 2 rings (SSSR count). The monoisotopic (exact) mass is 267 g/mol. The predicted octanol–water partition coefficient (Wildman–Crippen LogP) is 2.90. The van der Waals surface area contributed by atoms with Crippen molar-refractivity contribution in [1.29, 1.82) is 0 Å². The Morgan fingerprint density at radius 1 is 1.47 bits per heavy atom. The van der Waals surface area contributed by atoms with Crippen LogP contribution in [0.3, 0.4) is 0 Å². The minimum absolute atomic E-state index is 0.172. The third-order valence-electron chi connectivity index (χ3n) is 2.07. The maximum absolute atomic E-state index is 8.91. The summed E-state index contributed by atoms with van der Waals surface area (Å²) < 4.78 is 6.28. The molecule has 0 unspecified atom stereocenters. The van der Waals surface area contributed by atoms with Crippen LogP contribution in [0, 0.1) is 6.92 Å². The number of aryl methyl sites for hydroxylation is 1. The van der Waals surface area contributed by atoms with Crippen molar-refractivity contribution in [2.45, 2.75) is 13.5 Å². The molecule has 78 valence electrons. The Kier molecular flexibility index (Phi) is 2.88. The van der Waals surface area contributed by atoms with Crippen molar-refractivity contribution in [2.75, 3.05) is 0 Å². The molecule has 3 nitrogen and oxygen atoms in total. The van der Waals surface area contributed by atoms with Gasteiger partial charge in [-0.1, -0.05) is 28.1 Å². The topological polar surface area (TPSA) is 46.3 Å². The molecule has 0 amide bonds. The van der Waals surface area contributed by atoms with E-state index in [2.05, 4.69) is 20.9 Å². The van der Waals surface area contributed by atoms with E-state index in [1.807, 2.05) is 31.2 Å². The van der Waals surface area contributed by atoms with Gasteiger partial charge in [-0.2, -0.15) is 0 Å². The Bertz CT molecular complexity index is 479. The molecule has 1 aromatic carbocycles. The molecule has 0 atom stereocenters. The molecule has 1 aromatic heterocycles. The summed E-state index contributed by atoms with van der Waals surface area (Å²) in [4.78, 5) is 4.20. The molecule has 0 aliphatic heterocycles. The van der Waals surface area contributed by atoms with Crippen molar-refractivity contribution in [3.8, 4) is 11.3 Å². The maximum Gasteiger partial charge on any atom is 0.220 e. The van der Waals surface area contributed by atoms with Crippen LogP contribution in [0.25, 0.3) is 11.3 Å². The van der Waals surface area contributed by atoms with Gasteiger partial charge in [0, 0.05) is 10.0 Å². The lowest BCUT2D eigenvalue weighted by molar-refractivity contribution is 0.238. The highest BCUT2D eigenvalue weighted by Gasteiger charge is 2.10. The first kappa shape index (κ1) is 10.4. The number of nitrogens with zero attached hydrogens (tertiary/aromatic N) is 1. The van der Waals surface area contributed by atoms with Crippen molar-refractivity contribution in [3.63, 3.8) is 0 Å². The lowest BCUT2D eigenvalue weighted by Crippen LogP contribution is -1.83. The number of oxazole rings is 1. The van der Waals surface area contributed by atoms with Gasteiger partial charge in [0.15, 0.2) is 0 Å². The summed E-state index contributed by atoms with van der Waals surface area (Å²) in [6.07, 6.45) is 0. The highest BCUT2D eigenvalue weighted by Crippen LogP contribution is 2.25. The first-order valence-electron chi connectivity index (χ1n) is 4.54. The second kappa shape index (κ2) is 4.16. The van der Waals surface area contributed by atoms with Crippen molar-refractivity contribution < 1.29 is 9.52 Å². The molecule has 15 heavy (non-hydrogen) atoms. The van der Waals surface area contributed by atoms with Crippen LogP contribution in [0.15, 0.2) is 33.2 Å². The molecule has 0 saturated heterocycles. The van der Waals surface area contributed by atoms with Gasteiger partial charge in [0.1, 0.15) is 18.1 Å². The average molecular weight is 268 g/mol. The number of aliphatic hydroxyl groups excluding tert-OH is 1. The largest absolute Gasteiger partial charge is 0.443 e. The smallest absolute Gasteiger partial charge is 0.220 e. The molecule has 0 saturated carbocycles. The Labute approximate surface area is 95.9 Å². The van der Waals surface area contributed by atoms with Crippen LogP contribution in [0.2, 0.25) is 0 Å². The van der Waals surface area contributed by atoms with Gasteiger partial charge in [0.2, 0.25) is 5.89 Å². The van der Waals surface area contributed by atoms with Crippen LogP contribution in [0.1, 0.15) is 11.7 Å². The number of benzene rings is 1. The minimum atomic E-state index is -0.172. The van der Waals surface area contributed by atoms with Gasteiger partial charge >= 0.3 is 0 Å². The Hall–Kier alpha value is -1.13. The highest BCUT2D eigenvalue weighted by atomic mass is 79.9. The lowest BCUT2D eigenvalue weighted by Gasteiger charge is -1.97. The van der Waals surface area contributed by atoms with E-state index in [9.17, 15) is 0 Å². The van der Waals surface area contributed by atoms with E-state index in [4.69, 9.17) is 9.52 Å². The third kappa shape index (κ3) is 2.11. The first-order chi connectivity index (χ1) is 7.20. The van der Waals surface area contributed by atoms with E-state index in [1.165, 1.54) is 0 Å². The second-order valence-corrected chi connectivity index (χ2v) is 4.10. The number of aromatic nitrogens is 1. The molecule has 0 aliphatic carbocycles. The van der Waals surface area contributed by atoms with Crippen molar-refractivity contribution in [2.24, 2.45) is 0 Å². The molecule has 0 radical (unpaired) electrons. The SMILES string of the molecule is Cc1oc(CO)nc1-c1cccc(Br)c1. The van der Waals surface area contributed by atoms with Crippen LogP contribution in [-0.4, -0.2) is 10.1 Å². The van der Waals surface area contributed by atoms with Gasteiger partial charge in [-0.05, 0) is 19.1 Å². The molecule has 0 spiro atoms. The summed E-state index contributed by atoms with van der Waals surface area (Å²) in [5.41, 5.74) is 1.76. The van der Waals surface area contributed by atoms with E-state index in [-0.39, 0.29) is 6.61 Å². The van der Waals surface area contributed by atoms with E-state index < -0.39 is 0 Å². The fraction of sp³-hybridized carbons (Fsp3) is 0.182. The third-order valence-corrected chi connectivity index (χ3v) is 2.57. The molecule has 1 N–H and O–H groups in total. The second-order valence-electron chi connectivity index (χ2n) is 3.18. The average Bonchev–Trinajstić information content (AvgIpc) is 2.60. The summed E-state index contributed by atoms with van der Waals surface area (Å²) >= 11 is 3.40. The van der Waals surface area contributed by atoms with Crippen LogP contribution in [0.5, 0.6) is 0 Å². The lowest BCUT2D eigenvalue weighted by atomic mass is 10.1. The van der Waals surface area contributed by atoms with Crippen molar-refractivity contribution in [3.05, 3.63) is 40.4 Å². The van der Waals surface area contributed by atoms with Gasteiger partial charge in [0.25, 0.3) is 0 Å². The molecule has 1 heterocycles. The van der Waals surface area contributed by atoms with E-state index in [1.54, 1.807) is 0 Å². The zero-order valence-corrected chi connectivity index (χ0v) is 9.78. The molecular weight excluding hydrogens is 258 g/mol. The highest BCUT2D eigenvalue weighted by molar-refractivity contribution is 9.10. The molecule has 0 bridgehead atoms. The zero-order valence-electron chi connectivity index (χ0n) is 8.20. The summed E-state index contributed by atoms with van der Waals surface area (Å²) in [5, 5.41) is 8.91. The number of hydrogen-bond acceptors (Lipinski definition) is 3. The van der Waals surface area contributed by atoms with Gasteiger partial charge < -0.3 is 9.52 Å². The van der Waals surface area contributed by atoms with E-state index >= 15 is 0 Å². The maximum atomic E-state index is 8.91. The van der Waals surface area contributed by atoms with E-state index in [0.29, 0.717) is 5.89 Å². The molecule has 0 aliphatic rings. The summed E-state index contributed by atoms with van der Waals surface area (Å²) in [6, 6.07) is 7.81. The molecule has 0 fully saturated rings. The number of aliphatic hydroxyl groups is 1. The standard InChI is InChI=1S/C11H10BrNO2/c1-7-11(13-10(6-14)15-7)8-3-2-4-9(12)5-8/h2-5,14H,6H2,1H3. The van der Waals surface area contributed by atoms with Crippen LogP contribution in [-0.2, 0) is 6.61 Å². The summed E-state index contributed by atoms with van der Waals surface area (Å²) in [6.45, 7) is 1.66. The van der Waals surface area contributed by atoms with Gasteiger partial charge in [-0.3, -0.25) is 0 Å². The molecular formula is C11H10BrNO2. The van der Waals surface area contributed by atoms with Crippen LogP contribution >= 0.6 is 15.9 Å². The number of rotatable bonds is 2. The van der Waals surface area contributed by atoms with Crippen molar-refractivity contribution in [1.82, 2.24) is 4.98 Å². The fourth-order valence-electron chi connectivity index (χ4n) is 1.42. The van der Waals surface area contributed by atoms with Gasteiger partial charge in [-0.15, -0.1) is 0 Å². The van der Waals surface area contributed by atoms with Crippen LogP contribution < -0.4 is 0 Å². The molecule has 4 heteroatoms. The zero-order chi connectivity index (χ0) is 10.8. The predicted molar refractivity (Wildman–Crippen MR) is 60.3 cm³/mol. The number of halogens is 1. The Balaban J connectivity index is 2.48. The van der Waals surface area contributed by atoms with Crippen LogP contribution in [0.4, 0.5) is 0 Å². The van der Waals surface area contributed by atoms with Gasteiger partial charge in [0.05, 0.1) is 0 Å². The summed E-state index contributed by atoms with van der Waals surface area (Å²) in [5.74, 6) is 1.07. The first-order valence-corrected chi connectivity index (χ1v) is 5.33. The normalized spacial score (nSPS) is 10.6. The Morgan fingerprint density at radius 3 is 2.87 bits per heavy atom. The minimum Gasteiger partial charge on any atom is -0.443 e. The summed E-state index contributed by atoms with van der Waals surface area (Å²) in [7, 11) is 0. The molecule has 2 aromatic rings. The number of hydrogen-bond donors (Lipinski definition) is 1. The van der Waals surface area contributed by atoms with E-state index in [0.717, 1.165) is 21.5 Å². The Morgan fingerprint density at radius 2 is 2.27 bits per heavy atom. The fourth-order valence-corrected chi connectivity index (χ4v) is 1.82. The van der Waals surface area contributed by atoms with Gasteiger partial charge in [-0.25, -0.2) is 4.98 Å². The quantitative estimate of drug-likeness (QED) is 0.910.